The molecule has 20 heavy (non-hydrogen) atoms. The fourth-order valence-electron chi connectivity index (χ4n) is 2.12. The zero-order valence-corrected chi connectivity index (χ0v) is 12.1. The standard InChI is InChI=1S/C16H14N2OS/c1-10-7-8-13(17-11(2)19)12(9-10)16-18-14-5-3-4-6-15(14)20-16/h3-9H,1-2H3,(H,17,19). The van der Waals surface area contributed by atoms with E-state index in [9.17, 15) is 4.79 Å². The maximum absolute atomic E-state index is 11.3. The molecular weight excluding hydrogens is 268 g/mol. The molecule has 0 saturated carbocycles. The van der Waals surface area contributed by atoms with Crippen molar-refractivity contribution in [3.63, 3.8) is 0 Å². The molecule has 1 amide bonds. The zero-order valence-electron chi connectivity index (χ0n) is 11.3. The molecule has 1 N–H and O–H groups in total. The number of hydrogen-bond acceptors (Lipinski definition) is 3. The number of rotatable bonds is 2. The van der Waals surface area contributed by atoms with E-state index in [0.29, 0.717) is 0 Å². The number of carbonyl (C=O) groups is 1. The second-order valence-electron chi connectivity index (χ2n) is 4.72. The molecule has 2 aromatic carbocycles. The van der Waals surface area contributed by atoms with Crippen LogP contribution in [0.5, 0.6) is 0 Å². The highest BCUT2D eigenvalue weighted by Crippen LogP contribution is 2.35. The zero-order chi connectivity index (χ0) is 14.1. The number of nitrogens with one attached hydrogen (secondary N) is 1. The van der Waals surface area contributed by atoms with Crippen LogP contribution < -0.4 is 5.32 Å². The number of nitrogens with zero attached hydrogens (tertiary/aromatic N) is 1. The summed E-state index contributed by atoms with van der Waals surface area (Å²) in [7, 11) is 0. The van der Waals surface area contributed by atoms with E-state index in [1.165, 1.54) is 6.92 Å². The Balaban J connectivity index is 2.16. The Bertz CT molecular complexity index is 759. The number of anilines is 1. The summed E-state index contributed by atoms with van der Waals surface area (Å²) in [4.78, 5) is 16.0. The van der Waals surface area contributed by atoms with Crippen molar-refractivity contribution in [3.05, 3.63) is 48.0 Å². The minimum absolute atomic E-state index is 0.0729. The molecular formula is C16H14N2OS. The van der Waals surface area contributed by atoms with Crippen molar-refractivity contribution in [2.45, 2.75) is 13.8 Å². The molecule has 100 valence electrons. The number of carbonyl (C=O) groups excluding carboxylic acids is 1. The van der Waals surface area contributed by atoms with E-state index in [1.807, 2.05) is 37.3 Å². The summed E-state index contributed by atoms with van der Waals surface area (Å²) in [6.45, 7) is 3.55. The largest absolute Gasteiger partial charge is 0.326 e. The average molecular weight is 282 g/mol. The number of para-hydroxylation sites is 1. The number of aryl methyl sites for hydroxylation is 1. The Morgan fingerprint density at radius 1 is 1.20 bits per heavy atom. The molecule has 0 bridgehead atoms. The Labute approximate surface area is 121 Å². The van der Waals surface area contributed by atoms with Gasteiger partial charge in [-0.05, 0) is 31.2 Å². The van der Waals surface area contributed by atoms with Crippen molar-refractivity contribution in [1.82, 2.24) is 4.98 Å². The predicted octanol–water partition coefficient (Wildman–Crippen LogP) is 4.23. The third-order valence-corrected chi connectivity index (χ3v) is 4.08. The molecule has 0 spiro atoms. The van der Waals surface area contributed by atoms with Crippen molar-refractivity contribution in [2.75, 3.05) is 5.32 Å². The molecule has 0 aliphatic heterocycles. The van der Waals surface area contributed by atoms with Gasteiger partial charge in [0.1, 0.15) is 5.01 Å². The van der Waals surface area contributed by atoms with Gasteiger partial charge in [-0.1, -0.05) is 23.8 Å². The second kappa shape index (κ2) is 5.06. The summed E-state index contributed by atoms with van der Waals surface area (Å²) in [6.07, 6.45) is 0. The molecule has 0 radical (unpaired) electrons. The summed E-state index contributed by atoms with van der Waals surface area (Å²) < 4.78 is 1.15. The third-order valence-electron chi connectivity index (χ3n) is 3.01. The lowest BCUT2D eigenvalue weighted by Gasteiger charge is -2.08. The van der Waals surface area contributed by atoms with Gasteiger partial charge in [-0.25, -0.2) is 4.98 Å². The van der Waals surface area contributed by atoms with Gasteiger partial charge in [-0.3, -0.25) is 4.79 Å². The fraction of sp³-hybridized carbons (Fsp3) is 0.125. The van der Waals surface area contributed by atoms with Crippen LogP contribution in [0.4, 0.5) is 5.69 Å². The topological polar surface area (TPSA) is 42.0 Å². The van der Waals surface area contributed by atoms with Crippen molar-refractivity contribution >= 4 is 33.1 Å². The first-order valence-electron chi connectivity index (χ1n) is 6.37. The number of amides is 1. The van der Waals surface area contributed by atoms with Crippen LogP contribution >= 0.6 is 11.3 Å². The molecule has 0 fully saturated rings. The summed E-state index contributed by atoms with van der Waals surface area (Å²) in [5.74, 6) is -0.0729. The van der Waals surface area contributed by atoms with Crippen LogP contribution in [0, 0.1) is 6.92 Å². The van der Waals surface area contributed by atoms with Crippen molar-refractivity contribution in [1.29, 1.82) is 0 Å². The van der Waals surface area contributed by atoms with Gasteiger partial charge in [-0.15, -0.1) is 11.3 Å². The van der Waals surface area contributed by atoms with E-state index in [0.717, 1.165) is 32.0 Å². The van der Waals surface area contributed by atoms with Crippen LogP contribution in [-0.4, -0.2) is 10.9 Å². The Morgan fingerprint density at radius 3 is 2.75 bits per heavy atom. The molecule has 0 unspecified atom stereocenters. The van der Waals surface area contributed by atoms with Gasteiger partial charge >= 0.3 is 0 Å². The van der Waals surface area contributed by atoms with E-state index in [2.05, 4.69) is 22.4 Å². The van der Waals surface area contributed by atoms with Crippen LogP contribution in [0.3, 0.4) is 0 Å². The van der Waals surface area contributed by atoms with Crippen LogP contribution in [-0.2, 0) is 4.79 Å². The van der Waals surface area contributed by atoms with Crippen LogP contribution in [0.25, 0.3) is 20.8 Å². The van der Waals surface area contributed by atoms with Gasteiger partial charge in [-0.2, -0.15) is 0 Å². The first-order valence-corrected chi connectivity index (χ1v) is 7.19. The SMILES string of the molecule is CC(=O)Nc1ccc(C)cc1-c1nc2ccccc2s1. The Morgan fingerprint density at radius 2 is 2.00 bits per heavy atom. The number of aromatic nitrogens is 1. The molecule has 3 rings (SSSR count). The van der Waals surface area contributed by atoms with Gasteiger partial charge < -0.3 is 5.32 Å². The Hall–Kier alpha value is -2.20. The van der Waals surface area contributed by atoms with Crippen LogP contribution in [0.1, 0.15) is 12.5 Å². The number of hydrogen-bond donors (Lipinski definition) is 1. The van der Waals surface area contributed by atoms with Crippen LogP contribution in [0.2, 0.25) is 0 Å². The van der Waals surface area contributed by atoms with Crippen molar-refractivity contribution in [2.24, 2.45) is 0 Å². The van der Waals surface area contributed by atoms with E-state index < -0.39 is 0 Å². The maximum atomic E-state index is 11.3. The van der Waals surface area contributed by atoms with Gasteiger partial charge in [0.25, 0.3) is 0 Å². The molecule has 3 nitrogen and oxygen atoms in total. The molecule has 1 aromatic heterocycles. The fourth-order valence-corrected chi connectivity index (χ4v) is 3.12. The smallest absolute Gasteiger partial charge is 0.221 e. The first kappa shape index (κ1) is 12.8. The van der Waals surface area contributed by atoms with E-state index >= 15 is 0 Å². The van der Waals surface area contributed by atoms with E-state index in [-0.39, 0.29) is 5.91 Å². The molecule has 0 atom stereocenters. The average Bonchev–Trinajstić information content (AvgIpc) is 2.84. The molecule has 0 aliphatic carbocycles. The van der Waals surface area contributed by atoms with Gasteiger partial charge in [0.2, 0.25) is 5.91 Å². The third kappa shape index (κ3) is 2.42. The van der Waals surface area contributed by atoms with Gasteiger partial charge in [0.15, 0.2) is 0 Å². The molecule has 4 heteroatoms. The lowest BCUT2D eigenvalue weighted by atomic mass is 10.1. The summed E-state index contributed by atoms with van der Waals surface area (Å²) in [5.41, 5.74) is 3.92. The molecule has 0 saturated heterocycles. The monoisotopic (exact) mass is 282 g/mol. The van der Waals surface area contributed by atoms with Crippen molar-refractivity contribution in [3.8, 4) is 10.6 Å². The van der Waals surface area contributed by atoms with E-state index in [1.54, 1.807) is 11.3 Å². The minimum atomic E-state index is -0.0729. The molecule has 0 aliphatic rings. The summed E-state index contributed by atoms with van der Waals surface area (Å²) >= 11 is 1.64. The Kier molecular flexibility index (Phi) is 3.24. The predicted molar refractivity (Wildman–Crippen MR) is 84.1 cm³/mol. The molecule has 3 aromatic rings. The van der Waals surface area contributed by atoms with E-state index in [4.69, 9.17) is 0 Å². The van der Waals surface area contributed by atoms with Gasteiger partial charge in [0, 0.05) is 12.5 Å². The van der Waals surface area contributed by atoms with Crippen molar-refractivity contribution < 1.29 is 4.79 Å². The lowest BCUT2D eigenvalue weighted by Crippen LogP contribution is -2.06. The lowest BCUT2D eigenvalue weighted by molar-refractivity contribution is -0.114. The quantitative estimate of drug-likeness (QED) is 0.764. The number of fused-ring (bicyclic) bond motifs is 1. The molecule has 1 heterocycles. The highest BCUT2D eigenvalue weighted by molar-refractivity contribution is 7.21. The maximum Gasteiger partial charge on any atom is 0.221 e. The summed E-state index contributed by atoms with van der Waals surface area (Å²) in [5, 5.41) is 3.80. The first-order chi connectivity index (χ1) is 9.63. The highest BCUT2D eigenvalue weighted by atomic mass is 32.1. The minimum Gasteiger partial charge on any atom is -0.326 e. The van der Waals surface area contributed by atoms with Crippen LogP contribution in [0.15, 0.2) is 42.5 Å². The normalized spacial score (nSPS) is 10.7. The number of benzene rings is 2. The number of thiazole rings is 1. The highest BCUT2D eigenvalue weighted by Gasteiger charge is 2.11. The summed E-state index contributed by atoms with van der Waals surface area (Å²) in [6, 6.07) is 14.0. The van der Waals surface area contributed by atoms with Gasteiger partial charge in [0.05, 0.1) is 15.9 Å². The second-order valence-corrected chi connectivity index (χ2v) is 5.75.